The van der Waals surface area contributed by atoms with Crippen LogP contribution in [0.15, 0.2) is 22.8 Å². The van der Waals surface area contributed by atoms with Crippen LogP contribution in [0.5, 0.6) is 0 Å². The molecule has 4 nitrogen and oxygen atoms in total. The third-order valence-electron chi connectivity index (χ3n) is 2.22. The van der Waals surface area contributed by atoms with Gasteiger partial charge in [-0.2, -0.15) is 0 Å². The van der Waals surface area contributed by atoms with Gasteiger partial charge in [0.25, 0.3) is 0 Å². The van der Waals surface area contributed by atoms with Crippen molar-refractivity contribution in [3.63, 3.8) is 0 Å². The van der Waals surface area contributed by atoms with Crippen LogP contribution in [-0.4, -0.2) is 19.3 Å². The van der Waals surface area contributed by atoms with Crippen LogP contribution in [0.4, 0.5) is 0 Å². The molecule has 15 heavy (non-hydrogen) atoms. The molecule has 1 aromatic heterocycles. The van der Waals surface area contributed by atoms with Crippen molar-refractivity contribution in [2.75, 3.05) is 13.2 Å². The zero-order chi connectivity index (χ0) is 10.9. The predicted molar refractivity (Wildman–Crippen MR) is 59.3 cm³/mol. The highest BCUT2D eigenvalue weighted by atomic mass is 16.5. The van der Waals surface area contributed by atoms with Gasteiger partial charge in [0.05, 0.1) is 6.26 Å². The minimum Gasteiger partial charge on any atom is -0.469 e. The van der Waals surface area contributed by atoms with Gasteiger partial charge in [-0.15, -0.1) is 0 Å². The van der Waals surface area contributed by atoms with Gasteiger partial charge >= 0.3 is 0 Å². The Kier molecular flexibility index (Phi) is 6.08. The minimum absolute atomic E-state index is 0.216. The lowest BCUT2D eigenvalue weighted by atomic mass is 10.1. The SMILES string of the molecule is CCCOCCC(Cc1ccco1)NN. The van der Waals surface area contributed by atoms with E-state index in [2.05, 4.69) is 12.3 Å². The molecule has 0 aromatic carbocycles. The Morgan fingerprint density at radius 3 is 3.00 bits per heavy atom. The molecule has 1 aromatic rings. The second-order valence-electron chi connectivity index (χ2n) is 3.55. The number of hydrogen-bond acceptors (Lipinski definition) is 4. The van der Waals surface area contributed by atoms with Gasteiger partial charge in [0, 0.05) is 25.7 Å². The molecule has 3 N–H and O–H groups in total. The van der Waals surface area contributed by atoms with Crippen LogP contribution in [0.3, 0.4) is 0 Å². The van der Waals surface area contributed by atoms with E-state index in [1.165, 1.54) is 0 Å². The maximum atomic E-state index is 5.46. The van der Waals surface area contributed by atoms with Gasteiger partial charge in [-0.3, -0.25) is 11.3 Å². The van der Waals surface area contributed by atoms with Crippen LogP contribution in [-0.2, 0) is 11.2 Å². The molecule has 0 aliphatic rings. The maximum absolute atomic E-state index is 5.46. The average Bonchev–Trinajstić information content (AvgIpc) is 2.75. The van der Waals surface area contributed by atoms with E-state index < -0.39 is 0 Å². The molecule has 4 heteroatoms. The summed E-state index contributed by atoms with van der Waals surface area (Å²) in [5.74, 6) is 6.41. The van der Waals surface area contributed by atoms with Gasteiger partial charge in [0.2, 0.25) is 0 Å². The van der Waals surface area contributed by atoms with Crippen molar-refractivity contribution in [2.45, 2.75) is 32.2 Å². The Morgan fingerprint density at radius 2 is 2.40 bits per heavy atom. The molecule has 0 saturated heterocycles. The number of nitrogens with one attached hydrogen (secondary N) is 1. The quantitative estimate of drug-likeness (QED) is 0.389. The van der Waals surface area contributed by atoms with Crippen molar-refractivity contribution in [1.29, 1.82) is 0 Å². The number of nitrogens with two attached hydrogens (primary N) is 1. The second-order valence-corrected chi connectivity index (χ2v) is 3.55. The molecule has 0 spiro atoms. The Morgan fingerprint density at radius 1 is 1.53 bits per heavy atom. The largest absolute Gasteiger partial charge is 0.469 e. The Bertz CT molecular complexity index is 237. The van der Waals surface area contributed by atoms with Gasteiger partial charge in [-0.25, -0.2) is 0 Å². The molecular formula is C11H20N2O2. The minimum atomic E-state index is 0.216. The molecule has 1 rings (SSSR count). The molecule has 0 aliphatic carbocycles. The van der Waals surface area contributed by atoms with Crippen LogP contribution in [0.2, 0.25) is 0 Å². The average molecular weight is 212 g/mol. The van der Waals surface area contributed by atoms with E-state index in [0.717, 1.165) is 38.2 Å². The standard InChI is InChI=1S/C11H20N2O2/c1-2-6-14-8-5-10(13-12)9-11-4-3-7-15-11/h3-4,7,10,13H,2,5-6,8-9,12H2,1H3. The first-order valence-electron chi connectivity index (χ1n) is 5.43. The van der Waals surface area contributed by atoms with E-state index >= 15 is 0 Å². The summed E-state index contributed by atoms with van der Waals surface area (Å²) in [7, 11) is 0. The van der Waals surface area contributed by atoms with Crippen LogP contribution >= 0.6 is 0 Å². The maximum Gasteiger partial charge on any atom is 0.105 e. The van der Waals surface area contributed by atoms with E-state index in [-0.39, 0.29) is 6.04 Å². The molecule has 0 saturated carbocycles. The summed E-state index contributed by atoms with van der Waals surface area (Å²) in [6, 6.07) is 4.06. The summed E-state index contributed by atoms with van der Waals surface area (Å²) in [6.45, 7) is 3.66. The summed E-state index contributed by atoms with van der Waals surface area (Å²) in [6.07, 6.45) is 4.44. The molecule has 0 fully saturated rings. The highest BCUT2D eigenvalue weighted by Gasteiger charge is 2.09. The smallest absolute Gasteiger partial charge is 0.105 e. The molecular weight excluding hydrogens is 192 g/mol. The Labute approximate surface area is 90.8 Å². The lowest BCUT2D eigenvalue weighted by molar-refractivity contribution is 0.124. The van der Waals surface area contributed by atoms with Crippen LogP contribution in [0.25, 0.3) is 0 Å². The summed E-state index contributed by atoms with van der Waals surface area (Å²) < 4.78 is 10.7. The van der Waals surface area contributed by atoms with E-state index in [4.69, 9.17) is 15.0 Å². The fourth-order valence-corrected chi connectivity index (χ4v) is 1.39. The third kappa shape index (κ3) is 4.97. The van der Waals surface area contributed by atoms with Crippen LogP contribution in [0.1, 0.15) is 25.5 Å². The summed E-state index contributed by atoms with van der Waals surface area (Å²) in [5.41, 5.74) is 2.78. The summed E-state index contributed by atoms with van der Waals surface area (Å²) >= 11 is 0. The first-order chi connectivity index (χ1) is 7.36. The van der Waals surface area contributed by atoms with Crippen molar-refractivity contribution in [3.8, 4) is 0 Å². The van der Waals surface area contributed by atoms with Gasteiger partial charge in [-0.1, -0.05) is 6.92 Å². The van der Waals surface area contributed by atoms with Crippen molar-refractivity contribution in [3.05, 3.63) is 24.2 Å². The first kappa shape index (κ1) is 12.2. The number of hydrazine groups is 1. The zero-order valence-corrected chi connectivity index (χ0v) is 9.24. The van der Waals surface area contributed by atoms with Crippen molar-refractivity contribution in [1.82, 2.24) is 5.43 Å². The molecule has 0 aliphatic heterocycles. The second kappa shape index (κ2) is 7.45. The van der Waals surface area contributed by atoms with E-state index in [1.807, 2.05) is 12.1 Å². The molecule has 86 valence electrons. The molecule has 0 bridgehead atoms. The number of rotatable bonds is 8. The van der Waals surface area contributed by atoms with Gasteiger partial charge in [-0.05, 0) is 25.0 Å². The van der Waals surface area contributed by atoms with Crippen LogP contribution < -0.4 is 11.3 Å². The zero-order valence-electron chi connectivity index (χ0n) is 9.24. The summed E-state index contributed by atoms with van der Waals surface area (Å²) in [5, 5.41) is 0. The molecule has 1 atom stereocenters. The topological polar surface area (TPSA) is 60.4 Å². The fourth-order valence-electron chi connectivity index (χ4n) is 1.39. The highest BCUT2D eigenvalue weighted by Crippen LogP contribution is 2.06. The molecule has 0 radical (unpaired) electrons. The highest BCUT2D eigenvalue weighted by molar-refractivity contribution is 5.00. The molecule has 1 unspecified atom stereocenters. The molecule has 1 heterocycles. The van der Waals surface area contributed by atoms with Crippen molar-refractivity contribution < 1.29 is 9.15 Å². The van der Waals surface area contributed by atoms with Crippen LogP contribution in [0, 0.1) is 0 Å². The Hall–Kier alpha value is -0.840. The van der Waals surface area contributed by atoms with E-state index in [1.54, 1.807) is 6.26 Å². The normalized spacial score (nSPS) is 12.9. The van der Waals surface area contributed by atoms with E-state index in [0.29, 0.717) is 0 Å². The number of furan rings is 1. The first-order valence-corrected chi connectivity index (χ1v) is 5.43. The van der Waals surface area contributed by atoms with Gasteiger partial charge in [0.1, 0.15) is 5.76 Å². The van der Waals surface area contributed by atoms with Crippen molar-refractivity contribution in [2.24, 2.45) is 5.84 Å². The number of hydrogen-bond donors (Lipinski definition) is 2. The lowest BCUT2D eigenvalue weighted by Crippen LogP contribution is -2.37. The summed E-state index contributed by atoms with van der Waals surface area (Å²) in [4.78, 5) is 0. The van der Waals surface area contributed by atoms with E-state index in [9.17, 15) is 0 Å². The number of ether oxygens (including phenoxy) is 1. The predicted octanol–water partition coefficient (Wildman–Crippen LogP) is 1.47. The van der Waals surface area contributed by atoms with Crippen molar-refractivity contribution >= 4 is 0 Å². The fraction of sp³-hybridized carbons (Fsp3) is 0.636. The van der Waals surface area contributed by atoms with Gasteiger partial charge < -0.3 is 9.15 Å². The van der Waals surface area contributed by atoms with Gasteiger partial charge in [0.15, 0.2) is 0 Å². The third-order valence-corrected chi connectivity index (χ3v) is 2.22. The molecule has 0 amide bonds. The Balaban J connectivity index is 2.18. The monoisotopic (exact) mass is 212 g/mol. The lowest BCUT2D eigenvalue weighted by Gasteiger charge is -2.14.